The lowest BCUT2D eigenvalue weighted by Gasteiger charge is -2.27. The molecule has 0 radical (unpaired) electrons. The number of rotatable bonds is 14. The molecule has 0 aliphatic heterocycles. The molecule has 0 aromatic heterocycles. The highest BCUT2D eigenvalue weighted by Crippen LogP contribution is 2.23. The average molecular weight is 556 g/mol. The van der Waals surface area contributed by atoms with E-state index in [1.807, 2.05) is 80.3 Å². The predicted molar refractivity (Wildman–Crippen MR) is 167 cm³/mol. The van der Waals surface area contributed by atoms with Crippen molar-refractivity contribution in [2.75, 3.05) is 18.4 Å². The maximum absolute atomic E-state index is 13.5. The molecular weight excluding hydrogens is 510 g/mol. The number of benzene rings is 3. The summed E-state index contributed by atoms with van der Waals surface area (Å²) in [6.07, 6.45) is 2.82. The molecule has 3 amide bonds. The largest absolute Gasteiger partial charge is 0.349 e. The quantitative estimate of drug-likeness (QED) is 0.227. The van der Waals surface area contributed by atoms with Crippen LogP contribution in [0.15, 0.2) is 78.9 Å². The van der Waals surface area contributed by atoms with Gasteiger partial charge < -0.3 is 15.5 Å². The van der Waals surface area contributed by atoms with Crippen molar-refractivity contribution in [3.05, 3.63) is 101 Å². The summed E-state index contributed by atoms with van der Waals surface area (Å²) in [5.74, 6) is -0.610. The Morgan fingerprint density at radius 3 is 2.05 bits per heavy atom. The Bertz CT molecular complexity index is 1270. The minimum absolute atomic E-state index is 0.0585. The van der Waals surface area contributed by atoms with Crippen LogP contribution >= 0.6 is 0 Å². The van der Waals surface area contributed by atoms with Gasteiger partial charge in [-0.3, -0.25) is 14.4 Å². The molecule has 0 aliphatic carbocycles. The first-order valence-corrected chi connectivity index (χ1v) is 14.8. The lowest BCUT2D eigenvalue weighted by atomic mass is 9.86. The normalized spacial score (nSPS) is 12.4. The van der Waals surface area contributed by atoms with Crippen LogP contribution in [0.4, 0.5) is 5.69 Å². The highest BCUT2D eigenvalue weighted by atomic mass is 16.2. The Morgan fingerprint density at radius 2 is 1.44 bits per heavy atom. The number of carbonyl (C=O) groups is 3. The SMILES string of the molecule is CCCN(CCC)C(=O)c1cccc(C(=O)NC(Cc2ccccc2)CC(C(=O)Nc2ccc(C)cc2)C(C)C)c1. The van der Waals surface area contributed by atoms with Crippen LogP contribution in [0.1, 0.15) is 78.8 Å². The van der Waals surface area contributed by atoms with Gasteiger partial charge in [0.25, 0.3) is 11.8 Å². The summed E-state index contributed by atoms with van der Waals surface area (Å²) >= 11 is 0. The molecule has 0 saturated carbocycles. The zero-order chi connectivity index (χ0) is 29.8. The predicted octanol–water partition coefficient (Wildman–Crippen LogP) is 6.90. The van der Waals surface area contributed by atoms with E-state index in [1.54, 1.807) is 24.3 Å². The highest BCUT2D eigenvalue weighted by molar-refractivity contribution is 6.00. The molecule has 0 aliphatic rings. The smallest absolute Gasteiger partial charge is 0.253 e. The van der Waals surface area contributed by atoms with E-state index in [-0.39, 0.29) is 35.6 Å². The Labute approximate surface area is 245 Å². The van der Waals surface area contributed by atoms with Crippen molar-refractivity contribution in [3.8, 4) is 0 Å². The maximum Gasteiger partial charge on any atom is 0.253 e. The topological polar surface area (TPSA) is 78.5 Å². The second-order valence-corrected chi connectivity index (χ2v) is 11.2. The third kappa shape index (κ3) is 9.59. The second-order valence-electron chi connectivity index (χ2n) is 11.2. The van der Waals surface area contributed by atoms with Gasteiger partial charge in [-0.25, -0.2) is 0 Å². The van der Waals surface area contributed by atoms with Gasteiger partial charge in [-0.2, -0.15) is 0 Å². The molecule has 6 nitrogen and oxygen atoms in total. The molecule has 2 N–H and O–H groups in total. The summed E-state index contributed by atoms with van der Waals surface area (Å²) in [6.45, 7) is 11.6. The van der Waals surface area contributed by atoms with Crippen molar-refractivity contribution in [2.45, 2.75) is 66.3 Å². The van der Waals surface area contributed by atoms with E-state index >= 15 is 0 Å². The third-order valence-electron chi connectivity index (χ3n) is 7.31. The monoisotopic (exact) mass is 555 g/mol. The van der Waals surface area contributed by atoms with Gasteiger partial charge in [-0.15, -0.1) is 0 Å². The summed E-state index contributed by atoms with van der Waals surface area (Å²) in [4.78, 5) is 42.0. The first-order chi connectivity index (χ1) is 19.7. The summed E-state index contributed by atoms with van der Waals surface area (Å²) in [5.41, 5.74) is 3.92. The van der Waals surface area contributed by atoms with E-state index in [0.717, 1.165) is 29.7 Å². The number of hydrogen-bond donors (Lipinski definition) is 2. The molecule has 6 heteroatoms. The van der Waals surface area contributed by atoms with Crippen molar-refractivity contribution in [1.29, 1.82) is 0 Å². The molecule has 0 bridgehead atoms. The van der Waals surface area contributed by atoms with Gasteiger partial charge in [0.05, 0.1) is 0 Å². The number of hydrogen-bond acceptors (Lipinski definition) is 3. The Hall–Kier alpha value is -3.93. The van der Waals surface area contributed by atoms with Crippen molar-refractivity contribution in [2.24, 2.45) is 11.8 Å². The van der Waals surface area contributed by atoms with Crippen molar-refractivity contribution in [1.82, 2.24) is 10.2 Å². The standard InChI is InChI=1S/C35H45N3O3/c1-6-20-38(21-7-2)35(41)29-15-11-14-28(23-29)33(39)37-31(22-27-12-9-8-10-13-27)24-32(25(3)4)34(40)36-30-18-16-26(5)17-19-30/h8-19,23,25,31-32H,6-7,20-22,24H2,1-5H3,(H,36,40)(H,37,39). The Balaban J connectivity index is 1.81. The number of amides is 3. The molecule has 218 valence electrons. The molecule has 3 rings (SSSR count). The second kappa shape index (κ2) is 15.8. The molecule has 0 heterocycles. The first kappa shape index (κ1) is 31.6. The number of anilines is 1. The molecule has 41 heavy (non-hydrogen) atoms. The maximum atomic E-state index is 13.5. The van der Waals surface area contributed by atoms with Gasteiger partial charge in [0.1, 0.15) is 0 Å². The van der Waals surface area contributed by atoms with Gasteiger partial charge in [0, 0.05) is 41.9 Å². The fraction of sp³-hybridized carbons (Fsp3) is 0.400. The zero-order valence-electron chi connectivity index (χ0n) is 25.2. The van der Waals surface area contributed by atoms with Crippen molar-refractivity contribution < 1.29 is 14.4 Å². The van der Waals surface area contributed by atoms with Gasteiger partial charge >= 0.3 is 0 Å². The molecule has 0 spiro atoms. The number of nitrogens with one attached hydrogen (secondary N) is 2. The van der Waals surface area contributed by atoms with E-state index in [1.165, 1.54) is 0 Å². The van der Waals surface area contributed by atoms with E-state index in [2.05, 4.69) is 24.5 Å². The third-order valence-corrected chi connectivity index (χ3v) is 7.31. The van der Waals surface area contributed by atoms with Crippen LogP contribution in [-0.4, -0.2) is 41.8 Å². The zero-order valence-corrected chi connectivity index (χ0v) is 25.2. The molecule has 3 aromatic carbocycles. The highest BCUT2D eigenvalue weighted by Gasteiger charge is 2.28. The van der Waals surface area contributed by atoms with Crippen LogP contribution in [0.3, 0.4) is 0 Å². The molecule has 0 saturated heterocycles. The average Bonchev–Trinajstić information content (AvgIpc) is 2.96. The molecule has 0 fully saturated rings. The summed E-state index contributed by atoms with van der Waals surface area (Å²) in [7, 11) is 0. The Kier molecular flexibility index (Phi) is 12.1. The van der Waals surface area contributed by atoms with Crippen molar-refractivity contribution in [3.63, 3.8) is 0 Å². The van der Waals surface area contributed by atoms with Crippen LogP contribution in [0.2, 0.25) is 0 Å². The van der Waals surface area contributed by atoms with Gasteiger partial charge in [-0.1, -0.05) is 81.8 Å². The lowest BCUT2D eigenvalue weighted by Crippen LogP contribution is -2.41. The van der Waals surface area contributed by atoms with Crippen LogP contribution in [-0.2, 0) is 11.2 Å². The van der Waals surface area contributed by atoms with Crippen LogP contribution in [0.25, 0.3) is 0 Å². The van der Waals surface area contributed by atoms with Gasteiger partial charge in [-0.05, 0) is 74.4 Å². The number of nitrogens with zero attached hydrogens (tertiary/aromatic N) is 1. The van der Waals surface area contributed by atoms with Crippen LogP contribution < -0.4 is 10.6 Å². The molecular formula is C35H45N3O3. The first-order valence-electron chi connectivity index (χ1n) is 14.8. The van der Waals surface area contributed by atoms with Crippen LogP contribution in [0.5, 0.6) is 0 Å². The molecule has 2 atom stereocenters. The minimum atomic E-state index is -0.310. The molecule has 3 aromatic rings. The van der Waals surface area contributed by atoms with Gasteiger partial charge in [0.15, 0.2) is 0 Å². The summed E-state index contributed by atoms with van der Waals surface area (Å²) < 4.78 is 0. The van der Waals surface area contributed by atoms with Crippen LogP contribution in [0, 0.1) is 18.8 Å². The number of aryl methyl sites for hydroxylation is 1. The van der Waals surface area contributed by atoms with E-state index in [0.29, 0.717) is 37.1 Å². The van der Waals surface area contributed by atoms with E-state index in [4.69, 9.17) is 0 Å². The fourth-order valence-corrected chi connectivity index (χ4v) is 5.05. The molecule has 2 unspecified atom stereocenters. The minimum Gasteiger partial charge on any atom is -0.349 e. The van der Waals surface area contributed by atoms with Gasteiger partial charge in [0.2, 0.25) is 5.91 Å². The Morgan fingerprint density at radius 1 is 0.805 bits per heavy atom. The fourth-order valence-electron chi connectivity index (χ4n) is 5.05. The van der Waals surface area contributed by atoms with E-state index in [9.17, 15) is 14.4 Å². The lowest BCUT2D eigenvalue weighted by molar-refractivity contribution is -0.121. The summed E-state index contributed by atoms with van der Waals surface area (Å²) in [6, 6.07) is 24.4. The summed E-state index contributed by atoms with van der Waals surface area (Å²) in [5, 5.41) is 6.26. The number of carbonyl (C=O) groups excluding carboxylic acids is 3. The van der Waals surface area contributed by atoms with E-state index < -0.39 is 0 Å². The van der Waals surface area contributed by atoms with Crippen molar-refractivity contribution >= 4 is 23.4 Å².